The first-order valence-electron chi connectivity index (χ1n) is 6.00. The molecule has 0 saturated carbocycles. The number of aliphatic carboxylic acids is 1. The van der Waals surface area contributed by atoms with Crippen LogP contribution in [0.1, 0.15) is 20.8 Å². The number of hydrogen-bond donors (Lipinski definition) is 3. The molecule has 0 atom stereocenters. The summed E-state index contributed by atoms with van der Waals surface area (Å²) < 4.78 is 0. The van der Waals surface area contributed by atoms with Crippen LogP contribution in [0.3, 0.4) is 0 Å². The van der Waals surface area contributed by atoms with Gasteiger partial charge >= 0.3 is 5.97 Å². The lowest BCUT2D eigenvalue weighted by atomic mass is 10.2. The van der Waals surface area contributed by atoms with E-state index in [2.05, 4.69) is 10.3 Å². The van der Waals surface area contributed by atoms with Gasteiger partial charge in [-0.25, -0.2) is 4.79 Å². The molecule has 0 spiro atoms. The molecule has 0 bridgehead atoms. The Bertz CT molecular complexity index is 745. The Morgan fingerprint density at radius 3 is 2.95 bits per heavy atom. The third kappa shape index (κ3) is 4.15. The summed E-state index contributed by atoms with van der Waals surface area (Å²) >= 11 is 1.40. The summed E-state index contributed by atoms with van der Waals surface area (Å²) in [4.78, 5) is 37.3. The zero-order valence-electron chi connectivity index (χ0n) is 10.8. The third-order valence-electron chi connectivity index (χ3n) is 2.58. The SMILES string of the molecule is O=C(O)/C=C/c1csc(CNC(=O)c2c[nH]ccc2=O)c1. The van der Waals surface area contributed by atoms with E-state index in [-0.39, 0.29) is 17.5 Å². The first kappa shape index (κ1) is 14.7. The Morgan fingerprint density at radius 2 is 2.24 bits per heavy atom. The highest BCUT2D eigenvalue weighted by atomic mass is 32.1. The maximum atomic E-state index is 11.8. The Hall–Kier alpha value is -2.67. The molecule has 1 amide bonds. The highest BCUT2D eigenvalue weighted by Crippen LogP contribution is 2.15. The second kappa shape index (κ2) is 6.67. The largest absolute Gasteiger partial charge is 0.478 e. The molecule has 0 fully saturated rings. The van der Waals surface area contributed by atoms with Crippen molar-refractivity contribution in [2.75, 3.05) is 0 Å². The first-order valence-corrected chi connectivity index (χ1v) is 6.88. The van der Waals surface area contributed by atoms with Gasteiger partial charge in [-0.05, 0) is 23.1 Å². The number of aromatic amines is 1. The van der Waals surface area contributed by atoms with Gasteiger partial charge in [0.15, 0.2) is 5.43 Å². The lowest BCUT2D eigenvalue weighted by Gasteiger charge is -2.02. The van der Waals surface area contributed by atoms with Crippen LogP contribution in [0.15, 0.2) is 40.8 Å². The van der Waals surface area contributed by atoms with Gasteiger partial charge in [-0.1, -0.05) is 0 Å². The van der Waals surface area contributed by atoms with E-state index in [1.807, 2.05) is 0 Å². The van der Waals surface area contributed by atoms with Gasteiger partial charge in [-0.3, -0.25) is 9.59 Å². The van der Waals surface area contributed by atoms with Crippen molar-refractivity contribution in [3.05, 3.63) is 62.2 Å². The minimum atomic E-state index is -1.01. The van der Waals surface area contributed by atoms with Gasteiger partial charge in [-0.15, -0.1) is 11.3 Å². The minimum Gasteiger partial charge on any atom is -0.478 e. The monoisotopic (exact) mass is 304 g/mol. The molecule has 3 N–H and O–H groups in total. The van der Waals surface area contributed by atoms with Crippen LogP contribution in [0.2, 0.25) is 0 Å². The Kier molecular flexibility index (Phi) is 4.68. The predicted molar refractivity (Wildman–Crippen MR) is 79.2 cm³/mol. The van der Waals surface area contributed by atoms with Gasteiger partial charge in [0, 0.05) is 29.4 Å². The van der Waals surface area contributed by atoms with Gasteiger partial charge in [0.2, 0.25) is 0 Å². The van der Waals surface area contributed by atoms with E-state index in [0.717, 1.165) is 16.5 Å². The quantitative estimate of drug-likeness (QED) is 0.728. The molecule has 0 radical (unpaired) electrons. The van der Waals surface area contributed by atoms with Crippen molar-refractivity contribution in [2.45, 2.75) is 6.54 Å². The molecule has 2 heterocycles. The predicted octanol–water partition coefficient (Wildman–Crippen LogP) is 1.46. The summed E-state index contributed by atoms with van der Waals surface area (Å²) in [7, 11) is 0. The van der Waals surface area contributed by atoms with Crippen LogP contribution in [0, 0.1) is 0 Å². The maximum absolute atomic E-state index is 11.8. The summed E-state index contributed by atoms with van der Waals surface area (Å²) in [6.07, 6.45) is 5.34. The number of carbonyl (C=O) groups excluding carboxylic acids is 1. The average Bonchev–Trinajstić information content (AvgIpc) is 2.91. The normalized spacial score (nSPS) is 10.7. The van der Waals surface area contributed by atoms with Crippen LogP contribution < -0.4 is 10.7 Å². The molecule has 0 aliphatic carbocycles. The molecular weight excluding hydrogens is 292 g/mol. The maximum Gasteiger partial charge on any atom is 0.328 e. The first-order chi connectivity index (χ1) is 10.1. The van der Waals surface area contributed by atoms with E-state index < -0.39 is 11.9 Å². The molecule has 0 aromatic carbocycles. The van der Waals surface area contributed by atoms with Crippen molar-refractivity contribution >= 4 is 29.3 Å². The lowest BCUT2D eigenvalue weighted by Crippen LogP contribution is -2.27. The van der Waals surface area contributed by atoms with Crippen LogP contribution in [0.5, 0.6) is 0 Å². The molecule has 7 heteroatoms. The van der Waals surface area contributed by atoms with Crippen LogP contribution in [-0.2, 0) is 11.3 Å². The molecule has 108 valence electrons. The van der Waals surface area contributed by atoms with E-state index >= 15 is 0 Å². The molecule has 0 aliphatic heterocycles. The second-order valence-electron chi connectivity index (χ2n) is 4.12. The van der Waals surface area contributed by atoms with Gasteiger partial charge < -0.3 is 15.4 Å². The van der Waals surface area contributed by atoms with E-state index in [1.54, 1.807) is 11.4 Å². The zero-order chi connectivity index (χ0) is 15.2. The van der Waals surface area contributed by atoms with Crippen LogP contribution >= 0.6 is 11.3 Å². The number of thiophene rings is 1. The fourth-order valence-electron chi connectivity index (χ4n) is 1.60. The Morgan fingerprint density at radius 1 is 1.43 bits per heavy atom. The number of amides is 1. The number of carbonyl (C=O) groups is 2. The number of pyridine rings is 1. The molecule has 0 saturated heterocycles. The van der Waals surface area contributed by atoms with Crippen molar-refractivity contribution in [2.24, 2.45) is 0 Å². The smallest absolute Gasteiger partial charge is 0.328 e. The number of carboxylic acids is 1. The minimum absolute atomic E-state index is 0.0556. The Balaban J connectivity index is 1.98. The molecule has 0 unspecified atom stereocenters. The number of hydrogen-bond acceptors (Lipinski definition) is 4. The van der Waals surface area contributed by atoms with Crippen molar-refractivity contribution in [1.29, 1.82) is 0 Å². The number of carboxylic acid groups (broad SMARTS) is 1. The topological polar surface area (TPSA) is 99.3 Å². The van der Waals surface area contributed by atoms with Crippen LogP contribution in [0.25, 0.3) is 6.08 Å². The third-order valence-corrected chi connectivity index (χ3v) is 3.54. The van der Waals surface area contributed by atoms with Gasteiger partial charge in [0.05, 0.1) is 6.54 Å². The number of nitrogens with one attached hydrogen (secondary N) is 2. The van der Waals surface area contributed by atoms with E-state index in [9.17, 15) is 14.4 Å². The molecule has 2 rings (SSSR count). The summed E-state index contributed by atoms with van der Waals surface area (Å²) in [6, 6.07) is 3.06. The molecular formula is C14H12N2O4S. The molecule has 21 heavy (non-hydrogen) atoms. The van der Waals surface area contributed by atoms with Gasteiger partial charge in [-0.2, -0.15) is 0 Å². The van der Waals surface area contributed by atoms with Crippen molar-refractivity contribution in [3.63, 3.8) is 0 Å². The standard InChI is InChI=1S/C14H12N2O4S/c17-12-3-4-15-7-11(12)14(20)16-6-10-5-9(8-21-10)1-2-13(18)19/h1-5,7-8H,6H2,(H,15,17)(H,16,20)(H,18,19)/b2-1+. The van der Waals surface area contributed by atoms with E-state index in [0.29, 0.717) is 0 Å². The average molecular weight is 304 g/mol. The molecule has 0 aliphatic rings. The van der Waals surface area contributed by atoms with Gasteiger partial charge in [0.1, 0.15) is 5.56 Å². The fourth-order valence-corrected chi connectivity index (χ4v) is 2.40. The zero-order valence-corrected chi connectivity index (χ0v) is 11.6. The summed E-state index contributed by atoms with van der Waals surface area (Å²) in [5.41, 5.74) is 0.465. The Labute approximate surface area is 123 Å². The van der Waals surface area contributed by atoms with Crippen LogP contribution in [-0.4, -0.2) is 22.0 Å². The number of rotatable bonds is 5. The van der Waals surface area contributed by atoms with Crippen molar-refractivity contribution < 1.29 is 14.7 Å². The summed E-state index contributed by atoms with van der Waals surface area (Å²) in [6.45, 7) is 0.277. The summed E-state index contributed by atoms with van der Waals surface area (Å²) in [5, 5.41) is 13.0. The highest BCUT2D eigenvalue weighted by molar-refractivity contribution is 7.10. The second-order valence-corrected chi connectivity index (χ2v) is 5.12. The van der Waals surface area contributed by atoms with E-state index in [4.69, 9.17) is 5.11 Å². The molecule has 2 aromatic rings. The van der Waals surface area contributed by atoms with Gasteiger partial charge in [0.25, 0.3) is 5.91 Å². The molecule has 2 aromatic heterocycles. The van der Waals surface area contributed by atoms with Crippen LogP contribution in [0.4, 0.5) is 0 Å². The van der Waals surface area contributed by atoms with Crippen molar-refractivity contribution in [1.82, 2.24) is 10.3 Å². The molecule has 6 nitrogen and oxygen atoms in total. The number of aromatic nitrogens is 1. The van der Waals surface area contributed by atoms with E-state index in [1.165, 1.54) is 35.9 Å². The van der Waals surface area contributed by atoms with Crippen molar-refractivity contribution in [3.8, 4) is 0 Å². The summed E-state index contributed by atoms with van der Waals surface area (Å²) in [5.74, 6) is -1.47. The fraction of sp³-hybridized carbons (Fsp3) is 0.0714. The lowest BCUT2D eigenvalue weighted by molar-refractivity contribution is -0.131. The number of H-pyrrole nitrogens is 1. The highest BCUT2D eigenvalue weighted by Gasteiger charge is 2.09.